The number of carboxylic acids is 1. The van der Waals surface area contributed by atoms with Crippen LogP contribution in [0.3, 0.4) is 0 Å². The van der Waals surface area contributed by atoms with E-state index in [9.17, 15) is 19.1 Å². The molecule has 0 radical (unpaired) electrons. The van der Waals surface area contributed by atoms with Crippen LogP contribution >= 0.6 is 0 Å². The van der Waals surface area contributed by atoms with Crippen molar-refractivity contribution in [2.75, 3.05) is 32.5 Å². The van der Waals surface area contributed by atoms with Gasteiger partial charge in [-0.25, -0.2) is 9.18 Å². The molecule has 8 heteroatoms. The number of carbonyl (C=O) groups excluding carboxylic acids is 1. The number of nitrogens with one attached hydrogen (secondary N) is 3. The molecule has 37 heavy (non-hydrogen) atoms. The van der Waals surface area contributed by atoms with Crippen molar-refractivity contribution < 1.29 is 19.1 Å². The van der Waals surface area contributed by atoms with Gasteiger partial charge < -0.3 is 25.6 Å². The van der Waals surface area contributed by atoms with Crippen molar-refractivity contribution in [1.82, 2.24) is 15.2 Å². The monoisotopic (exact) mass is 504 g/mol. The number of aryl methyl sites for hydroxylation is 1. The number of amides is 1. The summed E-state index contributed by atoms with van der Waals surface area (Å²) in [5.74, 6) is -1.67. The molecule has 3 heterocycles. The SMILES string of the molecule is CNC1CCN(C)CC1.Cc1[nH]c(/C=C2\C(=O)Nc3cccc(-c4cccc(F)c4)c32)c(C)c1C(=O)O. The Morgan fingerprint density at radius 3 is 2.49 bits per heavy atom. The molecule has 1 amide bonds. The smallest absolute Gasteiger partial charge is 0.337 e. The third kappa shape index (κ3) is 5.65. The molecule has 0 bridgehead atoms. The maximum atomic E-state index is 13.7. The third-order valence-electron chi connectivity index (χ3n) is 7.07. The molecular weight excluding hydrogens is 471 g/mol. The van der Waals surface area contributed by atoms with Crippen LogP contribution in [0.15, 0.2) is 42.5 Å². The molecule has 2 aliphatic rings. The van der Waals surface area contributed by atoms with Gasteiger partial charge in [0, 0.05) is 28.7 Å². The lowest BCUT2D eigenvalue weighted by atomic mass is 9.94. The van der Waals surface area contributed by atoms with E-state index < -0.39 is 5.97 Å². The fraction of sp³-hybridized carbons (Fsp3) is 0.310. The van der Waals surface area contributed by atoms with Crippen LogP contribution in [-0.4, -0.2) is 60.1 Å². The van der Waals surface area contributed by atoms with Gasteiger partial charge in [-0.2, -0.15) is 0 Å². The van der Waals surface area contributed by atoms with Crippen LogP contribution in [-0.2, 0) is 4.79 Å². The summed E-state index contributed by atoms with van der Waals surface area (Å²) in [7, 11) is 4.24. The average Bonchev–Trinajstić information content (AvgIpc) is 3.34. The molecule has 4 N–H and O–H groups in total. The number of likely N-dealkylation sites (tertiary alicyclic amines) is 1. The highest BCUT2D eigenvalue weighted by molar-refractivity contribution is 6.36. The van der Waals surface area contributed by atoms with Crippen LogP contribution < -0.4 is 10.6 Å². The molecule has 5 rings (SSSR count). The fourth-order valence-electron chi connectivity index (χ4n) is 4.97. The number of piperidine rings is 1. The van der Waals surface area contributed by atoms with Gasteiger partial charge in [-0.05, 0) is 94.8 Å². The van der Waals surface area contributed by atoms with Gasteiger partial charge in [0.2, 0.25) is 0 Å². The maximum absolute atomic E-state index is 13.7. The molecule has 194 valence electrons. The normalized spacial score (nSPS) is 16.8. The number of aromatic nitrogens is 1. The third-order valence-corrected chi connectivity index (χ3v) is 7.07. The minimum absolute atomic E-state index is 0.198. The number of halogens is 1. The standard InChI is InChI=1S/C22H17FN2O3.C7H16N2/c1-11-18(24-12(2)19(11)22(27)28)10-16-20-15(13-5-3-6-14(23)9-13)7-4-8-17(20)25-21(16)26;1-8-7-3-5-9(2)6-4-7/h3-10,24H,1-2H3,(H,25,26)(H,27,28);7-8H,3-6H2,1-2H3/b16-10-;. The van der Waals surface area contributed by atoms with E-state index in [1.807, 2.05) is 6.07 Å². The van der Waals surface area contributed by atoms with Crippen LogP contribution in [0.25, 0.3) is 22.8 Å². The number of nitrogens with zero attached hydrogens (tertiary/aromatic N) is 1. The molecule has 0 unspecified atom stereocenters. The first kappa shape index (κ1) is 26.3. The number of hydrogen-bond donors (Lipinski definition) is 4. The Labute approximate surface area is 216 Å². The van der Waals surface area contributed by atoms with E-state index >= 15 is 0 Å². The number of H-pyrrole nitrogens is 1. The van der Waals surface area contributed by atoms with Gasteiger partial charge in [0.15, 0.2) is 0 Å². The first-order chi connectivity index (χ1) is 17.7. The summed E-state index contributed by atoms with van der Waals surface area (Å²) < 4.78 is 13.7. The second-order valence-electron chi connectivity index (χ2n) is 9.59. The minimum atomic E-state index is -1.02. The molecule has 0 atom stereocenters. The lowest BCUT2D eigenvalue weighted by Gasteiger charge is -2.28. The molecule has 7 nitrogen and oxygen atoms in total. The molecule has 1 aromatic heterocycles. The Bertz CT molecular complexity index is 1350. The predicted molar refractivity (Wildman–Crippen MR) is 145 cm³/mol. The number of anilines is 1. The van der Waals surface area contributed by atoms with Crippen molar-refractivity contribution in [1.29, 1.82) is 0 Å². The van der Waals surface area contributed by atoms with E-state index in [0.29, 0.717) is 39.3 Å². The molecule has 1 fully saturated rings. The van der Waals surface area contributed by atoms with Gasteiger partial charge in [-0.1, -0.05) is 24.3 Å². The first-order valence-electron chi connectivity index (χ1n) is 12.4. The van der Waals surface area contributed by atoms with E-state index in [2.05, 4.69) is 34.6 Å². The van der Waals surface area contributed by atoms with Crippen molar-refractivity contribution in [2.24, 2.45) is 0 Å². The Morgan fingerprint density at radius 1 is 1.16 bits per heavy atom. The molecule has 1 saturated heterocycles. The Morgan fingerprint density at radius 2 is 1.86 bits per heavy atom. The zero-order valence-electron chi connectivity index (χ0n) is 21.6. The van der Waals surface area contributed by atoms with Gasteiger partial charge in [0.25, 0.3) is 5.91 Å². The van der Waals surface area contributed by atoms with E-state index in [0.717, 1.165) is 11.6 Å². The molecular formula is C29H33FN4O3. The van der Waals surface area contributed by atoms with Gasteiger partial charge in [-0.15, -0.1) is 0 Å². The van der Waals surface area contributed by atoms with Gasteiger partial charge >= 0.3 is 5.97 Å². The number of rotatable bonds is 4. The summed E-state index contributed by atoms with van der Waals surface area (Å²) in [6.07, 6.45) is 4.28. The zero-order chi connectivity index (χ0) is 26.7. The number of hydrogen-bond acceptors (Lipinski definition) is 4. The van der Waals surface area contributed by atoms with Crippen molar-refractivity contribution in [2.45, 2.75) is 32.7 Å². The first-order valence-corrected chi connectivity index (χ1v) is 12.4. The van der Waals surface area contributed by atoms with Crippen molar-refractivity contribution in [3.8, 4) is 11.1 Å². The van der Waals surface area contributed by atoms with Crippen LogP contribution in [0.4, 0.5) is 10.1 Å². The number of aromatic carboxylic acids is 1. The molecule has 2 aromatic carbocycles. The average molecular weight is 505 g/mol. The van der Waals surface area contributed by atoms with E-state index in [1.54, 1.807) is 44.2 Å². The highest BCUT2D eigenvalue weighted by Gasteiger charge is 2.28. The topological polar surface area (TPSA) is 97.5 Å². The lowest BCUT2D eigenvalue weighted by Crippen LogP contribution is -2.39. The summed E-state index contributed by atoms with van der Waals surface area (Å²) >= 11 is 0. The maximum Gasteiger partial charge on any atom is 0.337 e. The zero-order valence-corrected chi connectivity index (χ0v) is 21.6. The van der Waals surface area contributed by atoms with Gasteiger partial charge in [-0.3, -0.25) is 4.79 Å². The second-order valence-corrected chi connectivity index (χ2v) is 9.59. The number of benzene rings is 2. The van der Waals surface area contributed by atoms with Crippen LogP contribution in [0.1, 0.15) is 45.7 Å². The minimum Gasteiger partial charge on any atom is -0.478 e. The van der Waals surface area contributed by atoms with Crippen LogP contribution in [0.5, 0.6) is 0 Å². The number of aromatic amines is 1. The van der Waals surface area contributed by atoms with Crippen molar-refractivity contribution >= 4 is 29.2 Å². The van der Waals surface area contributed by atoms with Crippen molar-refractivity contribution in [3.05, 3.63) is 76.4 Å². The second kappa shape index (κ2) is 11.1. The van der Waals surface area contributed by atoms with Crippen LogP contribution in [0.2, 0.25) is 0 Å². The molecule has 0 spiro atoms. The fourth-order valence-corrected chi connectivity index (χ4v) is 4.97. The Kier molecular flexibility index (Phi) is 7.90. The van der Waals surface area contributed by atoms with Crippen molar-refractivity contribution in [3.63, 3.8) is 0 Å². The summed E-state index contributed by atoms with van der Waals surface area (Å²) in [5.41, 5.74) is 4.92. The largest absolute Gasteiger partial charge is 0.478 e. The summed E-state index contributed by atoms with van der Waals surface area (Å²) in [6, 6.07) is 12.4. The summed E-state index contributed by atoms with van der Waals surface area (Å²) in [5, 5.41) is 15.5. The summed E-state index contributed by atoms with van der Waals surface area (Å²) in [6.45, 7) is 5.89. The molecule has 2 aliphatic heterocycles. The van der Waals surface area contributed by atoms with E-state index in [1.165, 1.54) is 38.1 Å². The highest BCUT2D eigenvalue weighted by Crippen LogP contribution is 2.40. The predicted octanol–water partition coefficient (Wildman–Crippen LogP) is 4.93. The number of carboxylic acid groups (broad SMARTS) is 1. The molecule has 0 saturated carbocycles. The van der Waals surface area contributed by atoms with Gasteiger partial charge in [0.05, 0.1) is 11.1 Å². The summed E-state index contributed by atoms with van der Waals surface area (Å²) in [4.78, 5) is 29.5. The Hall–Kier alpha value is -3.75. The Balaban J connectivity index is 0.000000301. The van der Waals surface area contributed by atoms with E-state index in [4.69, 9.17) is 0 Å². The number of carbonyl (C=O) groups is 2. The quantitative estimate of drug-likeness (QED) is 0.378. The number of fused-ring (bicyclic) bond motifs is 1. The van der Waals surface area contributed by atoms with Crippen LogP contribution in [0, 0.1) is 19.7 Å². The lowest BCUT2D eigenvalue weighted by molar-refractivity contribution is -0.110. The molecule has 0 aliphatic carbocycles. The van der Waals surface area contributed by atoms with Gasteiger partial charge in [0.1, 0.15) is 5.82 Å². The van der Waals surface area contributed by atoms with E-state index in [-0.39, 0.29) is 17.3 Å². The highest BCUT2D eigenvalue weighted by atomic mass is 19.1. The molecule has 3 aromatic rings.